The molecule has 0 fully saturated rings. The molecule has 0 atom stereocenters. The fourth-order valence-electron chi connectivity index (χ4n) is 4.11. The van der Waals surface area contributed by atoms with Gasteiger partial charge >= 0.3 is 0 Å². The van der Waals surface area contributed by atoms with Crippen LogP contribution in [0.2, 0.25) is 0 Å². The second-order valence-corrected chi connectivity index (χ2v) is 7.80. The minimum absolute atomic E-state index is 0.892. The average molecular weight is 390 g/mol. The molecule has 5 rings (SSSR count). The van der Waals surface area contributed by atoms with Crippen LogP contribution in [0.3, 0.4) is 0 Å². The van der Waals surface area contributed by atoms with Gasteiger partial charge in [-0.3, -0.25) is 0 Å². The molecule has 0 amide bonds. The molecule has 2 heteroatoms. The van der Waals surface area contributed by atoms with Gasteiger partial charge in [0.25, 0.3) is 0 Å². The Morgan fingerprint density at radius 1 is 0.733 bits per heavy atom. The van der Waals surface area contributed by atoms with E-state index in [1.54, 1.807) is 0 Å². The van der Waals surface area contributed by atoms with Gasteiger partial charge in [0.2, 0.25) is 5.69 Å². The van der Waals surface area contributed by atoms with Gasteiger partial charge in [0.15, 0.2) is 12.3 Å². The van der Waals surface area contributed by atoms with Crippen LogP contribution in [0.5, 0.6) is 0 Å². The molecule has 2 nitrogen and oxygen atoms in total. The van der Waals surface area contributed by atoms with Crippen molar-refractivity contribution in [2.75, 3.05) is 0 Å². The Morgan fingerprint density at radius 3 is 2.10 bits per heavy atom. The number of hydrogen-bond donors (Lipinski definition) is 0. The third kappa shape index (κ3) is 4.04. The maximum Gasteiger partial charge on any atom is 0.209 e. The van der Waals surface area contributed by atoms with Crippen molar-refractivity contribution in [3.05, 3.63) is 138 Å². The number of fused-ring (bicyclic) bond motifs is 1. The van der Waals surface area contributed by atoms with E-state index < -0.39 is 0 Å². The molecule has 30 heavy (non-hydrogen) atoms. The molecule has 0 N–H and O–H groups in total. The van der Waals surface area contributed by atoms with Crippen LogP contribution in [-0.4, -0.2) is 15.2 Å². The molecule has 0 saturated carbocycles. The van der Waals surface area contributed by atoms with E-state index >= 15 is 0 Å². The van der Waals surface area contributed by atoms with Gasteiger partial charge in [0, 0.05) is 42.2 Å². The first kappa shape index (κ1) is 18.4. The molecule has 2 heterocycles. The molecule has 3 aromatic carbocycles. The molecule has 0 aromatic heterocycles. The quantitative estimate of drug-likeness (QED) is 0.485. The van der Waals surface area contributed by atoms with Crippen molar-refractivity contribution in [3.8, 4) is 0 Å². The zero-order valence-electron chi connectivity index (χ0n) is 17.0. The van der Waals surface area contributed by atoms with Crippen LogP contribution in [0.4, 0.5) is 5.69 Å². The molecule has 0 spiro atoms. The first-order chi connectivity index (χ1) is 14.8. The van der Waals surface area contributed by atoms with Gasteiger partial charge in [-0.15, -0.1) is 0 Å². The molecule has 0 aliphatic carbocycles. The van der Waals surface area contributed by atoms with E-state index in [-0.39, 0.29) is 0 Å². The van der Waals surface area contributed by atoms with E-state index in [9.17, 15) is 0 Å². The predicted octanol–water partition coefficient (Wildman–Crippen LogP) is 6.00. The van der Waals surface area contributed by atoms with Crippen molar-refractivity contribution < 1.29 is 4.58 Å². The number of allylic oxidation sites excluding steroid dienone is 4. The summed E-state index contributed by atoms with van der Waals surface area (Å²) in [5, 5.41) is 0. The number of rotatable bonds is 5. The minimum Gasteiger partial charge on any atom is -0.350 e. The topological polar surface area (TPSA) is 6.25 Å². The molecular formula is C28H25N2+. The van der Waals surface area contributed by atoms with Gasteiger partial charge in [0.1, 0.15) is 0 Å². The largest absolute Gasteiger partial charge is 0.350 e. The van der Waals surface area contributed by atoms with Gasteiger partial charge in [0.05, 0.1) is 6.42 Å². The Bertz CT molecular complexity index is 1140. The van der Waals surface area contributed by atoms with E-state index in [2.05, 4.69) is 125 Å². The van der Waals surface area contributed by atoms with E-state index in [0.717, 1.165) is 19.5 Å². The second-order valence-electron chi connectivity index (χ2n) is 7.80. The lowest BCUT2D eigenvalue weighted by atomic mass is 10.1. The van der Waals surface area contributed by atoms with Gasteiger partial charge in [-0.2, -0.15) is 4.58 Å². The summed E-state index contributed by atoms with van der Waals surface area (Å²) in [7, 11) is 0. The standard InChI is InChI=1S/C28H25N2/c1-3-9-24(10-4-1)21-29-17-15-23(16-18-29)19-27-20-26-13-7-8-14-28(26)30(27)22-25-11-5-2-6-12-25/h1-19H,20-22H2/q+1. The highest BCUT2D eigenvalue weighted by atomic mass is 15.1. The van der Waals surface area contributed by atoms with Crippen LogP contribution in [0.1, 0.15) is 16.7 Å². The van der Waals surface area contributed by atoms with Crippen LogP contribution in [0.25, 0.3) is 0 Å². The Kier molecular flexibility index (Phi) is 5.14. The van der Waals surface area contributed by atoms with Crippen molar-refractivity contribution in [1.82, 2.24) is 4.90 Å². The van der Waals surface area contributed by atoms with Gasteiger partial charge in [-0.25, -0.2) is 0 Å². The number of nitrogens with zero attached hydrogens (tertiary/aromatic N) is 2. The highest BCUT2D eigenvalue weighted by Crippen LogP contribution is 2.28. The van der Waals surface area contributed by atoms with Crippen molar-refractivity contribution >= 4 is 11.4 Å². The van der Waals surface area contributed by atoms with Crippen LogP contribution < -0.4 is 0 Å². The third-order valence-corrected chi connectivity index (χ3v) is 5.64. The summed E-state index contributed by atoms with van der Waals surface area (Å²) in [6.45, 7) is 1.79. The molecule has 0 radical (unpaired) electrons. The Labute approximate surface area is 178 Å². The monoisotopic (exact) mass is 389 g/mol. The summed E-state index contributed by atoms with van der Waals surface area (Å²) in [6, 6.07) is 30.0. The van der Waals surface area contributed by atoms with Crippen LogP contribution in [0, 0.1) is 0 Å². The van der Waals surface area contributed by atoms with E-state index in [1.165, 1.54) is 33.7 Å². The van der Waals surface area contributed by atoms with Crippen molar-refractivity contribution in [2.45, 2.75) is 19.5 Å². The lowest BCUT2D eigenvalue weighted by Gasteiger charge is -2.18. The van der Waals surface area contributed by atoms with E-state index in [0.29, 0.717) is 0 Å². The normalized spacial score (nSPS) is 14.9. The van der Waals surface area contributed by atoms with E-state index in [1.807, 2.05) is 0 Å². The van der Waals surface area contributed by atoms with Gasteiger partial charge < -0.3 is 4.90 Å². The summed E-state index contributed by atoms with van der Waals surface area (Å²) >= 11 is 0. The summed E-state index contributed by atoms with van der Waals surface area (Å²) in [4.78, 5) is 2.22. The van der Waals surface area contributed by atoms with Crippen molar-refractivity contribution in [2.24, 2.45) is 0 Å². The fourth-order valence-corrected chi connectivity index (χ4v) is 4.11. The summed E-state index contributed by atoms with van der Waals surface area (Å²) < 4.78 is 2.45. The Balaban J connectivity index is 1.39. The molecule has 0 unspecified atom stereocenters. The Hall–Kier alpha value is -3.65. The lowest BCUT2D eigenvalue weighted by molar-refractivity contribution is -0.454. The summed E-state index contributed by atoms with van der Waals surface area (Å²) in [5.74, 6) is 0. The van der Waals surface area contributed by atoms with Crippen molar-refractivity contribution in [3.63, 3.8) is 0 Å². The predicted molar refractivity (Wildman–Crippen MR) is 124 cm³/mol. The first-order valence-corrected chi connectivity index (χ1v) is 10.5. The van der Waals surface area contributed by atoms with Gasteiger partial charge in [-0.1, -0.05) is 78.9 Å². The number of benzene rings is 3. The van der Waals surface area contributed by atoms with E-state index in [4.69, 9.17) is 0 Å². The smallest absolute Gasteiger partial charge is 0.209 e. The van der Waals surface area contributed by atoms with Gasteiger partial charge in [-0.05, 0) is 23.3 Å². The van der Waals surface area contributed by atoms with Crippen LogP contribution >= 0.6 is 0 Å². The molecular weight excluding hydrogens is 364 g/mol. The molecule has 3 aromatic rings. The number of para-hydroxylation sites is 1. The second kappa shape index (κ2) is 8.38. The Morgan fingerprint density at radius 2 is 1.37 bits per heavy atom. The highest BCUT2D eigenvalue weighted by molar-refractivity contribution is 5.97. The SMILES string of the molecule is C1=CN(Cc2ccccc2)C=CC1=CC1=[N+](Cc2ccccc2)c2ccccc2C1. The van der Waals surface area contributed by atoms with Crippen molar-refractivity contribution in [1.29, 1.82) is 0 Å². The maximum atomic E-state index is 2.45. The fraction of sp³-hybridized carbons (Fsp3) is 0.107. The lowest BCUT2D eigenvalue weighted by Crippen LogP contribution is -2.13. The van der Waals surface area contributed by atoms with Crippen LogP contribution in [-0.2, 0) is 19.5 Å². The molecule has 146 valence electrons. The maximum absolute atomic E-state index is 2.45. The molecule has 0 saturated heterocycles. The number of hydrogen-bond acceptors (Lipinski definition) is 1. The first-order valence-electron chi connectivity index (χ1n) is 10.5. The minimum atomic E-state index is 0.892. The summed E-state index contributed by atoms with van der Waals surface area (Å²) in [6.07, 6.45) is 12.1. The van der Waals surface area contributed by atoms with Crippen LogP contribution in [0.15, 0.2) is 121 Å². The molecule has 2 aliphatic rings. The highest BCUT2D eigenvalue weighted by Gasteiger charge is 2.28. The zero-order valence-corrected chi connectivity index (χ0v) is 17.0. The average Bonchev–Trinajstić information content (AvgIpc) is 3.13. The molecule has 2 aliphatic heterocycles. The summed E-state index contributed by atoms with van der Waals surface area (Å²) in [5.41, 5.74) is 7.95. The zero-order chi connectivity index (χ0) is 20.2. The molecule has 0 bridgehead atoms. The third-order valence-electron chi connectivity index (χ3n) is 5.64.